The van der Waals surface area contributed by atoms with Crippen LogP contribution in [-0.4, -0.2) is 38.6 Å². The first-order valence-electron chi connectivity index (χ1n) is 8.55. The quantitative estimate of drug-likeness (QED) is 0.615. The van der Waals surface area contributed by atoms with Gasteiger partial charge >= 0.3 is 0 Å². The minimum atomic E-state index is 0.739. The zero-order valence-electron chi connectivity index (χ0n) is 16.1. The first kappa shape index (κ1) is 19.2. The number of rotatable bonds is 6. The highest BCUT2D eigenvalue weighted by molar-refractivity contribution is 7.11. The highest BCUT2D eigenvalue weighted by Crippen LogP contribution is 2.20. The van der Waals surface area contributed by atoms with Crippen molar-refractivity contribution in [3.05, 3.63) is 44.9 Å². The molecule has 0 saturated carbocycles. The van der Waals surface area contributed by atoms with Crippen molar-refractivity contribution in [2.24, 2.45) is 4.99 Å². The van der Waals surface area contributed by atoms with Crippen molar-refractivity contribution in [3.63, 3.8) is 0 Å². The zero-order valence-corrected chi connectivity index (χ0v) is 16.9. The number of benzene rings is 1. The van der Waals surface area contributed by atoms with Crippen molar-refractivity contribution in [1.82, 2.24) is 15.6 Å². The van der Waals surface area contributed by atoms with Crippen LogP contribution in [0.25, 0.3) is 0 Å². The minimum absolute atomic E-state index is 0.739. The third kappa shape index (κ3) is 5.46. The number of hydrogen-bond donors (Lipinski definition) is 2. The van der Waals surface area contributed by atoms with E-state index >= 15 is 0 Å². The molecule has 2 aromatic rings. The molecule has 0 aliphatic rings. The molecule has 0 bridgehead atoms. The second kappa shape index (κ2) is 8.85. The van der Waals surface area contributed by atoms with E-state index in [1.807, 2.05) is 0 Å². The Kier molecular flexibility index (Phi) is 6.82. The monoisotopic (exact) mass is 359 g/mol. The van der Waals surface area contributed by atoms with Crippen molar-refractivity contribution >= 4 is 23.0 Å². The normalized spacial score (nSPS) is 11.5. The van der Waals surface area contributed by atoms with Gasteiger partial charge in [-0.15, -0.1) is 11.3 Å². The Morgan fingerprint density at radius 1 is 1.20 bits per heavy atom. The van der Waals surface area contributed by atoms with Crippen LogP contribution in [0.1, 0.15) is 26.7 Å². The van der Waals surface area contributed by atoms with E-state index in [0.29, 0.717) is 0 Å². The fourth-order valence-corrected chi connectivity index (χ4v) is 3.51. The molecule has 0 saturated heterocycles. The molecule has 0 atom stereocenters. The van der Waals surface area contributed by atoms with Gasteiger partial charge in [0.15, 0.2) is 5.96 Å². The SMILES string of the molecule is CN=C(NCCc1nc(C)c(C)s1)NCc1ccc(C)cc1N(C)C. The van der Waals surface area contributed by atoms with Crippen LogP contribution in [0.3, 0.4) is 0 Å². The second-order valence-electron chi connectivity index (χ2n) is 6.38. The maximum Gasteiger partial charge on any atom is 0.191 e. The Morgan fingerprint density at radius 2 is 1.96 bits per heavy atom. The van der Waals surface area contributed by atoms with Crippen molar-refractivity contribution < 1.29 is 0 Å². The lowest BCUT2D eigenvalue weighted by atomic mass is 10.1. The van der Waals surface area contributed by atoms with E-state index in [4.69, 9.17) is 0 Å². The van der Waals surface area contributed by atoms with Crippen LogP contribution in [0.4, 0.5) is 5.69 Å². The summed E-state index contributed by atoms with van der Waals surface area (Å²) in [5.74, 6) is 0.815. The summed E-state index contributed by atoms with van der Waals surface area (Å²) >= 11 is 1.77. The van der Waals surface area contributed by atoms with Gasteiger partial charge in [-0.1, -0.05) is 12.1 Å². The Labute approximate surface area is 155 Å². The van der Waals surface area contributed by atoms with Crippen LogP contribution < -0.4 is 15.5 Å². The smallest absolute Gasteiger partial charge is 0.191 e. The van der Waals surface area contributed by atoms with Gasteiger partial charge in [0.05, 0.1) is 10.7 Å². The molecule has 0 radical (unpaired) electrons. The first-order chi connectivity index (χ1) is 11.9. The fraction of sp³-hybridized carbons (Fsp3) is 0.474. The third-order valence-corrected chi connectivity index (χ3v) is 5.23. The number of hydrogen-bond acceptors (Lipinski definition) is 4. The molecule has 0 fully saturated rings. The van der Waals surface area contributed by atoms with Crippen LogP contribution in [-0.2, 0) is 13.0 Å². The Morgan fingerprint density at radius 3 is 2.56 bits per heavy atom. The van der Waals surface area contributed by atoms with Crippen molar-refractivity contribution in [2.75, 3.05) is 32.6 Å². The summed E-state index contributed by atoms with van der Waals surface area (Å²) in [6.07, 6.45) is 0.910. The van der Waals surface area contributed by atoms with Crippen LogP contribution in [0.2, 0.25) is 0 Å². The van der Waals surface area contributed by atoms with E-state index in [-0.39, 0.29) is 0 Å². The number of nitrogens with zero attached hydrogens (tertiary/aromatic N) is 3. The number of guanidine groups is 1. The van der Waals surface area contributed by atoms with Crippen LogP contribution in [0.15, 0.2) is 23.2 Å². The van der Waals surface area contributed by atoms with Crippen molar-refractivity contribution in [1.29, 1.82) is 0 Å². The van der Waals surface area contributed by atoms with Gasteiger partial charge in [0.25, 0.3) is 0 Å². The number of anilines is 1. The average Bonchev–Trinajstić information content (AvgIpc) is 2.89. The molecule has 25 heavy (non-hydrogen) atoms. The summed E-state index contributed by atoms with van der Waals surface area (Å²) in [6, 6.07) is 6.53. The van der Waals surface area contributed by atoms with Crippen molar-refractivity contribution in [2.45, 2.75) is 33.7 Å². The summed E-state index contributed by atoms with van der Waals surface area (Å²) in [7, 11) is 5.95. The molecular weight excluding hydrogens is 330 g/mol. The first-order valence-corrected chi connectivity index (χ1v) is 9.36. The second-order valence-corrected chi connectivity index (χ2v) is 7.67. The molecule has 2 N–H and O–H groups in total. The fourth-order valence-electron chi connectivity index (χ4n) is 2.57. The van der Waals surface area contributed by atoms with E-state index in [1.165, 1.54) is 26.7 Å². The lowest BCUT2D eigenvalue weighted by Gasteiger charge is -2.19. The van der Waals surface area contributed by atoms with E-state index in [0.717, 1.165) is 31.2 Å². The van der Waals surface area contributed by atoms with Gasteiger partial charge in [0, 0.05) is 51.2 Å². The highest BCUT2D eigenvalue weighted by Gasteiger charge is 2.07. The highest BCUT2D eigenvalue weighted by atomic mass is 32.1. The summed E-state index contributed by atoms with van der Waals surface area (Å²) in [5.41, 5.74) is 4.89. The molecule has 0 unspecified atom stereocenters. The van der Waals surface area contributed by atoms with Crippen LogP contribution in [0.5, 0.6) is 0 Å². The number of aryl methyl sites for hydroxylation is 3. The van der Waals surface area contributed by atoms with E-state index < -0.39 is 0 Å². The molecule has 5 nitrogen and oxygen atoms in total. The molecule has 0 amide bonds. The average molecular weight is 360 g/mol. The Bertz CT molecular complexity index is 714. The number of thiazole rings is 1. The molecule has 6 heteroatoms. The number of nitrogens with one attached hydrogen (secondary N) is 2. The molecule has 1 aromatic heterocycles. The van der Waals surface area contributed by atoms with Gasteiger partial charge in [-0.3, -0.25) is 4.99 Å². The minimum Gasteiger partial charge on any atom is -0.377 e. The molecule has 0 aliphatic heterocycles. The maximum absolute atomic E-state index is 4.58. The van der Waals surface area contributed by atoms with Crippen molar-refractivity contribution in [3.8, 4) is 0 Å². The summed E-state index contributed by atoms with van der Waals surface area (Å²) in [4.78, 5) is 12.3. The largest absolute Gasteiger partial charge is 0.377 e. The van der Waals surface area contributed by atoms with Gasteiger partial charge in [0.2, 0.25) is 0 Å². The van der Waals surface area contributed by atoms with Crippen LogP contribution >= 0.6 is 11.3 Å². The Balaban J connectivity index is 1.88. The van der Waals surface area contributed by atoms with E-state index in [1.54, 1.807) is 18.4 Å². The molecule has 0 spiro atoms. The van der Waals surface area contributed by atoms with Crippen LogP contribution in [0, 0.1) is 20.8 Å². The lowest BCUT2D eigenvalue weighted by molar-refractivity contribution is 0.789. The molecule has 2 rings (SSSR count). The molecule has 1 heterocycles. The molecule has 1 aromatic carbocycles. The summed E-state index contributed by atoms with van der Waals surface area (Å²) in [5, 5.41) is 7.94. The van der Waals surface area contributed by atoms with Gasteiger partial charge in [-0.05, 0) is 38.0 Å². The molecular formula is C19H29N5S. The predicted octanol–water partition coefficient (Wildman–Crippen LogP) is 3.04. The third-order valence-electron chi connectivity index (χ3n) is 4.10. The van der Waals surface area contributed by atoms with E-state index in [2.05, 4.69) is 78.6 Å². The van der Waals surface area contributed by atoms with Gasteiger partial charge < -0.3 is 15.5 Å². The lowest BCUT2D eigenvalue weighted by Crippen LogP contribution is -2.38. The maximum atomic E-state index is 4.58. The standard InChI is InChI=1S/C19H29N5S/c1-13-7-8-16(17(11-13)24(5)6)12-22-19(20-4)21-10-9-18-23-14(2)15(3)25-18/h7-8,11H,9-10,12H2,1-6H3,(H2,20,21,22). The zero-order chi connectivity index (χ0) is 18.4. The predicted molar refractivity (Wildman–Crippen MR) is 109 cm³/mol. The van der Waals surface area contributed by atoms with Gasteiger partial charge in [0.1, 0.15) is 0 Å². The van der Waals surface area contributed by atoms with E-state index in [9.17, 15) is 0 Å². The van der Waals surface area contributed by atoms with Gasteiger partial charge in [-0.25, -0.2) is 4.98 Å². The molecule has 0 aliphatic carbocycles. The Hall–Kier alpha value is -2.08. The number of aromatic nitrogens is 1. The number of aliphatic imine (C=N–C) groups is 1. The molecule has 136 valence electrons. The van der Waals surface area contributed by atoms with Gasteiger partial charge in [-0.2, -0.15) is 0 Å². The summed E-state index contributed by atoms with van der Waals surface area (Å²) in [6.45, 7) is 7.86. The summed E-state index contributed by atoms with van der Waals surface area (Å²) < 4.78 is 0. The topological polar surface area (TPSA) is 52.6 Å².